The standard InChI is InChI=1S/C18H21F2NO3/c19-13-5-6-14(15(20)10-13)18(7-1-2-8-18)17(24)21-9-3-4-12(11-21)16(22)23/h5-6,10,12H,1-4,7-9,11H2,(H,22,23)/t12-/m0/s1. The third-order valence-electron chi connectivity index (χ3n) is 5.37. The molecular weight excluding hydrogens is 316 g/mol. The Morgan fingerprint density at radius 2 is 1.88 bits per heavy atom. The van der Waals surface area contributed by atoms with Crippen molar-refractivity contribution >= 4 is 11.9 Å². The van der Waals surface area contributed by atoms with Gasteiger partial charge in [-0.05, 0) is 31.7 Å². The largest absolute Gasteiger partial charge is 0.481 e. The quantitative estimate of drug-likeness (QED) is 0.922. The molecule has 1 aliphatic heterocycles. The highest BCUT2D eigenvalue weighted by molar-refractivity contribution is 5.89. The zero-order valence-corrected chi connectivity index (χ0v) is 13.4. The summed E-state index contributed by atoms with van der Waals surface area (Å²) in [7, 11) is 0. The van der Waals surface area contributed by atoms with Crippen LogP contribution < -0.4 is 0 Å². The van der Waals surface area contributed by atoms with E-state index in [0.717, 1.165) is 18.9 Å². The Morgan fingerprint density at radius 1 is 1.17 bits per heavy atom. The van der Waals surface area contributed by atoms with E-state index >= 15 is 0 Å². The van der Waals surface area contributed by atoms with Crippen molar-refractivity contribution in [2.45, 2.75) is 43.9 Å². The van der Waals surface area contributed by atoms with Crippen LogP contribution in [0.25, 0.3) is 0 Å². The molecule has 2 fully saturated rings. The first-order chi connectivity index (χ1) is 11.4. The van der Waals surface area contributed by atoms with Crippen molar-refractivity contribution in [3.63, 3.8) is 0 Å². The summed E-state index contributed by atoms with van der Waals surface area (Å²) < 4.78 is 27.6. The zero-order valence-electron chi connectivity index (χ0n) is 13.4. The van der Waals surface area contributed by atoms with Crippen LogP contribution >= 0.6 is 0 Å². The van der Waals surface area contributed by atoms with E-state index in [1.54, 1.807) is 4.90 Å². The fourth-order valence-corrected chi connectivity index (χ4v) is 4.12. The van der Waals surface area contributed by atoms with Gasteiger partial charge < -0.3 is 10.0 Å². The lowest BCUT2D eigenvalue weighted by atomic mass is 9.76. The molecule has 1 saturated carbocycles. The van der Waals surface area contributed by atoms with Crippen molar-refractivity contribution in [2.24, 2.45) is 5.92 Å². The predicted molar refractivity (Wildman–Crippen MR) is 83.4 cm³/mol. The molecule has 24 heavy (non-hydrogen) atoms. The number of likely N-dealkylation sites (tertiary alicyclic amines) is 1. The number of aliphatic carboxylic acids is 1. The Labute approximate surface area is 139 Å². The normalized spacial score (nSPS) is 23.2. The van der Waals surface area contributed by atoms with Gasteiger partial charge in [0.15, 0.2) is 0 Å². The van der Waals surface area contributed by atoms with Gasteiger partial charge in [0, 0.05) is 24.7 Å². The molecule has 0 spiro atoms. The summed E-state index contributed by atoms with van der Waals surface area (Å²) in [4.78, 5) is 26.0. The molecule has 1 aromatic carbocycles. The van der Waals surface area contributed by atoms with Crippen molar-refractivity contribution in [1.82, 2.24) is 4.90 Å². The molecule has 4 nitrogen and oxygen atoms in total. The first-order valence-corrected chi connectivity index (χ1v) is 8.42. The van der Waals surface area contributed by atoms with E-state index in [0.29, 0.717) is 32.2 Å². The number of carboxylic acids is 1. The minimum absolute atomic E-state index is 0.165. The minimum Gasteiger partial charge on any atom is -0.481 e. The lowest BCUT2D eigenvalue weighted by Crippen LogP contribution is -2.50. The average molecular weight is 337 g/mol. The Hall–Kier alpha value is -1.98. The van der Waals surface area contributed by atoms with Gasteiger partial charge in [0.25, 0.3) is 0 Å². The number of halogens is 2. The van der Waals surface area contributed by atoms with Crippen molar-refractivity contribution < 1.29 is 23.5 Å². The SMILES string of the molecule is O=C(O)[C@H]1CCCN(C(=O)C2(c3ccc(F)cc3F)CCCC2)C1. The summed E-state index contributed by atoms with van der Waals surface area (Å²) in [6.45, 7) is 0.659. The maximum Gasteiger partial charge on any atom is 0.308 e. The number of nitrogens with zero attached hydrogens (tertiary/aromatic N) is 1. The number of benzene rings is 1. The van der Waals surface area contributed by atoms with Crippen LogP contribution in [0.4, 0.5) is 8.78 Å². The number of carbonyl (C=O) groups excluding carboxylic acids is 1. The number of rotatable bonds is 3. The maximum atomic E-state index is 14.4. The summed E-state index contributed by atoms with van der Waals surface area (Å²) in [5, 5.41) is 9.22. The Balaban J connectivity index is 1.93. The Bertz CT molecular complexity index is 656. The molecule has 1 atom stereocenters. The van der Waals surface area contributed by atoms with Gasteiger partial charge in [-0.15, -0.1) is 0 Å². The van der Waals surface area contributed by atoms with Gasteiger partial charge in [0.1, 0.15) is 11.6 Å². The molecule has 1 aliphatic carbocycles. The minimum atomic E-state index is -0.988. The van der Waals surface area contributed by atoms with Gasteiger partial charge in [-0.25, -0.2) is 8.78 Å². The first-order valence-electron chi connectivity index (χ1n) is 8.42. The van der Waals surface area contributed by atoms with Crippen LogP contribution in [-0.4, -0.2) is 35.0 Å². The second-order valence-electron chi connectivity index (χ2n) is 6.84. The zero-order chi connectivity index (χ0) is 17.3. The summed E-state index contributed by atoms with van der Waals surface area (Å²) >= 11 is 0. The van der Waals surface area contributed by atoms with Crippen molar-refractivity contribution in [3.8, 4) is 0 Å². The fourth-order valence-electron chi connectivity index (χ4n) is 4.12. The lowest BCUT2D eigenvalue weighted by molar-refractivity contribution is -0.147. The van der Waals surface area contributed by atoms with Crippen LogP contribution in [0.1, 0.15) is 44.1 Å². The average Bonchev–Trinajstić information content (AvgIpc) is 3.05. The molecule has 130 valence electrons. The fraction of sp³-hybridized carbons (Fsp3) is 0.556. The highest BCUT2D eigenvalue weighted by Crippen LogP contribution is 2.44. The van der Waals surface area contributed by atoms with Gasteiger partial charge >= 0.3 is 5.97 Å². The van der Waals surface area contributed by atoms with Crippen LogP contribution in [0.2, 0.25) is 0 Å². The van der Waals surface area contributed by atoms with E-state index < -0.39 is 28.9 Å². The highest BCUT2D eigenvalue weighted by Gasteiger charge is 2.47. The number of hydrogen-bond acceptors (Lipinski definition) is 2. The molecule has 0 radical (unpaired) electrons. The Morgan fingerprint density at radius 3 is 2.50 bits per heavy atom. The van der Waals surface area contributed by atoms with Crippen LogP contribution in [-0.2, 0) is 15.0 Å². The number of piperidine rings is 1. The second-order valence-corrected chi connectivity index (χ2v) is 6.84. The number of carbonyl (C=O) groups is 2. The summed E-state index contributed by atoms with van der Waals surface area (Å²) in [5.74, 6) is -3.05. The molecule has 1 aromatic rings. The van der Waals surface area contributed by atoms with Gasteiger partial charge in [-0.3, -0.25) is 9.59 Å². The van der Waals surface area contributed by atoms with Crippen molar-refractivity contribution in [3.05, 3.63) is 35.4 Å². The number of amides is 1. The summed E-state index contributed by atoms with van der Waals surface area (Å²) in [6.07, 6.45) is 3.82. The van der Waals surface area contributed by atoms with E-state index in [1.165, 1.54) is 12.1 Å². The topological polar surface area (TPSA) is 57.6 Å². The van der Waals surface area contributed by atoms with Gasteiger partial charge in [-0.2, -0.15) is 0 Å². The third-order valence-corrected chi connectivity index (χ3v) is 5.37. The smallest absolute Gasteiger partial charge is 0.308 e. The number of hydrogen-bond donors (Lipinski definition) is 1. The highest BCUT2D eigenvalue weighted by atomic mass is 19.1. The van der Waals surface area contributed by atoms with E-state index in [-0.39, 0.29) is 18.0 Å². The molecule has 2 aliphatic rings. The van der Waals surface area contributed by atoms with Crippen molar-refractivity contribution in [2.75, 3.05) is 13.1 Å². The molecule has 3 rings (SSSR count). The molecular formula is C18H21F2NO3. The Kier molecular flexibility index (Phi) is 4.56. The van der Waals surface area contributed by atoms with E-state index in [4.69, 9.17) is 0 Å². The van der Waals surface area contributed by atoms with E-state index in [2.05, 4.69) is 0 Å². The van der Waals surface area contributed by atoms with Gasteiger partial charge in [0.2, 0.25) is 5.91 Å². The molecule has 0 bridgehead atoms. The van der Waals surface area contributed by atoms with Crippen LogP contribution in [0, 0.1) is 17.6 Å². The first kappa shape index (κ1) is 16.9. The monoisotopic (exact) mass is 337 g/mol. The molecule has 1 heterocycles. The number of carboxylic acid groups (broad SMARTS) is 1. The lowest BCUT2D eigenvalue weighted by Gasteiger charge is -2.38. The van der Waals surface area contributed by atoms with Crippen LogP contribution in [0.3, 0.4) is 0 Å². The van der Waals surface area contributed by atoms with Gasteiger partial charge in [0.05, 0.1) is 11.3 Å². The molecule has 1 amide bonds. The molecule has 0 unspecified atom stereocenters. The molecule has 1 N–H and O–H groups in total. The second kappa shape index (κ2) is 6.49. The predicted octanol–water partition coefficient (Wildman–Crippen LogP) is 3.10. The third kappa shape index (κ3) is 2.89. The summed E-state index contributed by atoms with van der Waals surface area (Å²) in [6, 6.07) is 3.37. The van der Waals surface area contributed by atoms with Crippen molar-refractivity contribution in [1.29, 1.82) is 0 Å². The molecule has 6 heteroatoms. The van der Waals surface area contributed by atoms with E-state index in [1.807, 2.05) is 0 Å². The maximum absolute atomic E-state index is 14.4. The van der Waals surface area contributed by atoms with E-state index in [9.17, 15) is 23.5 Å². The summed E-state index contributed by atoms with van der Waals surface area (Å²) in [5.41, 5.74) is -0.748. The molecule has 0 aromatic heterocycles. The van der Waals surface area contributed by atoms with Crippen LogP contribution in [0.15, 0.2) is 18.2 Å². The van der Waals surface area contributed by atoms with Crippen LogP contribution in [0.5, 0.6) is 0 Å². The molecule has 1 saturated heterocycles. The van der Waals surface area contributed by atoms with Gasteiger partial charge in [-0.1, -0.05) is 18.9 Å².